The fourth-order valence-electron chi connectivity index (χ4n) is 0.694. The maximum absolute atomic E-state index is 5.26. The lowest BCUT2D eigenvalue weighted by molar-refractivity contribution is 0.571. The molecule has 0 radical (unpaired) electrons. The third-order valence-electron chi connectivity index (χ3n) is 1.33. The maximum Gasteiger partial charge on any atom is 0.163 e. The zero-order chi connectivity index (χ0) is 7.28. The first kappa shape index (κ1) is 8.69. The zero-order valence-electron chi connectivity index (χ0n) is 5.98. The standard InChI is InChI=1S/C6H14N2S/c1-3-5(4-2)8-6(7)9/h5H,3-4H2,1-2H3,(H3,7,8,9). The Balaban J connectivity index is 3.43. The van der Waals surface area contributed by atoms with Crippen LogP contribution in [0, 0.1) is 0 Å². The second-order valence-corrected chi connectivity index (χ2v) is 2.46. The SMILES string of the molecule is CCC(CC)NC(N)=S. The van der Waals surface area contributed by atoms with Crippen LogP contribution >= 0.6 is 12.2 Å². The van der Waals surface area contributed by atoms with Crippen molar-refractivity contribution in [2.75, 3.05) is 0 Å². The van der Waals surface area contributed by atoms with E-state index in [1.165, 1.54) is 0 Å². The van der Waals surface area contributed by atoms with Crippen molar-refractivity contribution in [2.45, 2.75) is 32.7 Å². The molecule has 0 amide bonds. The molecule has 2 nitrogen and oxygen atoms in total. The molecule has 0 unspecified atom stereocenters. The fraction of sp³-hybridized carbons (Fsp3) is 0.833. The third kappa shape index (κ3) is 4.21. The molecule has 0 aromatic carbocycles. The lowest BCUT2D eigenvalue weighted by Gasteiger charge is -2.13. The summed E-state index contributed by atoms with van der Waals surface area (Å²) in [6.45, 7) is 4.22. The Labute approximate surface area is 61.8 Å². The minimum Gasteiger partial charge on any atom is -0.376 e. The highest BCUT2D eigenvalue weighted by molar-refractivity contribution is 7.80. The normalized spacial score (nSPS) is 9.67. The van der Waals surface area contributed by atoms with Crippen LogP contribution in [0.15, 0.2) is 0 Å². The Morgan fingerprint density at radius 2 is 2.00 bits per heavy atom. The molecular weight excluding hydrogens is 132 g/mol. The summed E-state index contributed by atoms with van der Waals surface area (Å²) in [6, 6.07) is 0.461. The number of hydrogen-bond donors (Lipinski definition) is 2. The first-order chi connectivity index (χ1) is 4.20. The molecule has 0 bridgehead atoms. The van der Waals surface area contributed by atoms with Crippen LogP contribution in [0.2, 0.25) is 0 Å². The molecule has 0 aliphatic rings. The smallest absolute Gasteiger partial charge is 0.163 e. The minimum absolute atomic E-state index is 0.406. The molecule has 3 heteroatoms. The molecular formula is C6H14N2S. The number of nitrogens with one attached hydrogen (secondary N) is 1. The Morgan fingerprint density at radius 3 is 2.11 bits per heavy atom. The van der Waals surface area contributed by atoms with Gasteiger partial charge in [0.15, 0.2) is 5.11 Å². The molecule has 3 N–H and O–H groups in total. The van der Waals surface area contributed by atoms with Gasteiger partial charge in [-0.3, -0.25) is 0 Å². The van der Waals surface area contributed by atoms with Gasteiger partial charge in [0.25, 0.3) is 0 Å². The van der Waals surface area contributed by atoms with Gasteiger partial charge in [0, 0.05) is 6.04 Å². The maximum atomic E-state index is 5.26. The Hall–Kier alpha value is -0.310. The summed E-state index contributed by atoms with van der Waals surface area (Å²) in [4.78, 5) is 0. The first-order valence-corrected chi connectivity index (χ1v) is 3.67. The van der Waals surface area contributed by atoms with Gasteiger partial charge in [0.1, 0.15) is 0 Å². The quantitative estimate of drug-likeness (QED) is 0.584. The number of nitrogens with two attached hydrogens (primary N) is 1. The van der Waals surface area contributed by atoms with E-state index < -0.39 is 0 Å². The number of rotatable bonds is 3. The average molecular weight is 146 g/mol. The second kappa shape index (κ2) is 4.56. The van der Waals surface area contributed by atoms with Crippen LogP contribution in [0.25, 0.3) is 0 Å². The zero-order valence-corrected chi connectivity index (χ0v) is 6.79. The van der Waals surface area contributed by atoms with Gasteiger partial charge in [-0.15, -0.1) is 0 Å². The molecule has 0 atom stereocenters. The summed E-state index contributed by atoms with van der Waals surface area (Å²) in [5, 5.41) is 3.39. The lowest BCUT2D eigenvalue weighted by atomic mass is 10.2. The van der Waals surface area contributed by atoms with Gasteiger partial charge in [0.05, 0.1) is 0 Å². The van der Waals surface area contributed by atoms with E-state index in [1.807, 2.05) is 0 Å². The minimum atomic E-state index is 0.406. The topological polar surface area (TPSA) is 38.0 Å². The molecule has 0 aromatic rings. The molecule has 54 valence electrons. The third-order valence-corrected chi connectivity index (χ3v) is 1.45. The van der Waals surface area contributed by atoms with E-state index in [1.54, 1.807) is 0 Å². The summed E-state index contributed by atoms with van der Waals surface area (Å²) in [6.07, 6.45) is 2.15. The van der Waals surface area contributed by atoms with Crippen LogP contribution in [0.4, 0.5) is 0 Å². The predicted molar refractivity (Wildman–Crippen MR) is 44.3 cm³/mol. The van der Waals surface area contributed by atoms with Crippen molar-refractivity contribution in [3.8, 4) is 0 Å². The largest absolute Gasteiger partial charge is 0.376 e. The predicted octanol–water partition coefficient (Wildman–Crippen LogP) is 1.01. The monoisotopic (exact) mass is 146 g/mol. The molecule has 0 aliphatic heterocycles. The van der Waals surface area contributed by atoms with Crippen LogP contribution in [0.3, 0.4) is 0 Å². The van der Waals surface area contributed by atoms with E-state index in [4.69, 9.17) is 5.73 Å². The van der Waals surface area contributed by atoms with Crippen LogP contribution in [0.1, 0.15) is 26.7 Å². The van der Waals surface area contributed by atoms with Crippen molar-refractivity contribution in [3.63, 3.8) is 0 Å². The molecule has 0 heterocycles. The van der Waals surface area contributed by atoms with E-state index in [-0.39, 0.29) is 0 Å². The highest BCUT2D eigenvalue weighted by Crippen LogP contribution is 1.94. The number of thiocarbonyl (C=S) groups is 1. The highest BCUT2D eigenvalue weighted by atomic mass is 32.1. The van der Waals surface area contributed by atoms with E-state index in [0.29, 0.717) is 11.2 Å². The van der Waals surface area contributed by atoms with Crippen molar-refractivity contribution in [1.29, 1.82) is 0 Å². The molecule has 0 fully saturated rings. The van der Waals surface area contributed by atoms with Crippen LogP contribution < -0.4 is 11.1 Å². The van der Waals surface area contributed by atoms with Crippen LogP contribution in [0.5, 0.6) is 0 Å². The van der Waals surface area contributed by atoms with E-state index in [0.717, 1.165) is 12.8 Å². The van der Waals surface area contributed by atoms with Crippen molar-refractivity contribution in [3.05, 3.63) is 0 Å². The average Bonchev–Trinajstić information content (AvgIpc) is 1.82. The van der Waals surface area contributed by atoms with Crippen molar-refractivity contribution in [1.82, 2.24) is 5.32 Å². The van der Waals surface area contributed by atoms with Gasteiger partial charge in [-0.05, 0) is 25.1 Å². The summed E-state index contributed by atoms with van der Waals surface area (Å²) < 4.78 is 0. The van der Waals surface area contributed by atoms with Crippen LogP contribution in [-0.4, -0.2) is 11.2 Å². The van der Waals surface area contributed by atoms with Gasteiger partial charge in [-0.2, -0.15) is 0 Å². The van der Waals surface area contributed by atoms with Crippen molar-refractivity contribution in [2.24, 2.45) is 5.73 Å². The molecule has 0 saturated carbocycles. The van der Waals surface area contributed by atoms with Crippen LogP contribution in [-0.2, 0) is 0 Å². The highest BCUT2D eigenvalue weighted by Gasteiger charge is 2.00. The summed E-state index contributed by atoms with van der Waals surface area (Å²) >= 11 is 4.67. The summed E-state index contributed by atoms with van der Waals surface area (Å²) in [5.41, 5.74) is 5.26. The van der Waals surface area contributed by atoms with E-state index in [9.17, 15) is 0 Å². The summed E-state index contributed by atoms with van der Waals surface area (Å²) in [5.74, 6) is 0. The summed E-state index contributed by atoms with van der Waals surface area (Å²) in [7, 11) is 0. The number of hydrogen-bond acceptors (Lipinski definition) is 1. The van der Waals surface area contributed by atoms with Gasteiger partial charge < -0.3 is 11.1 Å². The van der Waals surface area contributed by atoms with Crippen molar-refractivity contribution < 1.29 is 0 Å². The van der Waals surface area contributed by atoms with Gasteiger partial charge in [0.2, 0.25) is 0 Å². The Morgan fingerprint density at radius 1 is 1.56 bits per heavy atom. The van der Waals surface area contributed by atoms with Crippen molar-refractivity contribution >= 4 is 17.3 Å². The Bertz CT molecular complexity index is 89.1. The van der Waals surface area contributed by atoms with E-state index >= 15 is 0 Å². The fourth-order valence-corrected chi connectivity index (χ4v) is 0.861. The molecule has 0 aliphatic carbocycles. The molecule has 0 saturated heterocycles. The Kier molecular flexibility index (Phi) is 4.40. The second-order valence-electron chi connectivity index (χ2n) is 2.02. The van der Waals surface area contributed by atoms with Gasteiger partial charge in [-0.1, -0.05) is 13.8 Å². The molecule has 9 heavy (non-hydrogen) atoms. The lowest BCUT2D eigenvalue weighted by Crippen LogP contribution is -2.37. The van der Waals surface area contributed by atoms with Gasteiger partial charge >= 0.3 is 0 Å². The molecule has 0 rings (SSSR count). The first-order valence-electron chi connectivity index (χ1n) is 3.26. The molecule has 0 aromatic heterocycles. The van der Waals surface area contributed by atoms with Gasteiger partial charge in [-0.25, -0.2) is 0 Å². The molecule has 0 spiro atoms. The van der Waals surface area contributed by atoms with E-state index in [2.05, 4.69) is 31.4 Å².